The van der Waals surface area contributed by atoms with Crippen molar-refractivity contribution >= 4 is 15.7 Å². The van der Waals surface area contributed by atoms with Crippen molar-refractivity contribution in [2.24, 2.45) is 11.8 Å². The van der Waals surface area contributed by atoms with Crippen LogP contribution < -0.4 is 5.73 Å². The fourth-order valence-electron chi connectivity index (χ4n) is 2.30. The molecule has 0 bridgehead atoms. The number of nitrogens with two attached hydrogens (primary N) is 1. The molecule has 0 amide bonds. The van der Waals surface area contributed by atoms with E-state index in [0.29, 0.717) is 30.6 Å². The van der Waals surface area contributed by atoms with Crippen molar-refractivity contribution in [1.29, 1.82) is 0 Å². The highest BCUT2D eigenvalue weighted by Crippen LogP contribution is 2.36. The van der Waals surface area contributed by atoms with Gasteiger partial charge in [-0.15, -0.1) is 0 Å². The smallest absolute Gasteiger partial charge is 0.245 e. The molecule has 0 unspecified atom stereocenters. The SMILES string of the molecule is Nc1ccccc1S(=O)(=O)N(CC1CC1)CC1CC1. The summed E-state index contributed by atoms with van der Waals surface area (Å²) in [5.74, 6) is 1.11. The van der Waals surface area contributed by atoms with Crippen LogP contribution in [0.2, 0.25) is 0 Å². The van der Waals surface area contributed by atoms with E-state index in [4.69, 9.17) is 5.73 Å². The number of nitrogens with zero attached hydrogens (tertiary/aromatic N) is 1. The highest BCUT2D eigenvalue weighted by Gasteiger charge is 2.36. The third-order valence-corrected chi connectivity index (χ3v) is 5.76. The number of sulfonamides is 1. The molecule has 0 spiro atoms. The molecule has 2 fully saturated rings. The Kier molecular flexibility index (Phi) is 3.27. The van der Waals surface area contributed by atoms with Crippen LogP contribution in [0.15, 0.2) is 29.2 Å². The number of rotatable bonds is 6. The third kappa shape index (κ3) is 2.92. The Morgan fingerprint density at radius 2 is 1.58 bits per heavy atom. The van der Waals surface area contributed by atoms with Crippen LogP contribution in [-0.4, -0.2) is 25.8 Å². The largest absolute Gasteiger partial charge is 0.398 e. The summed E-state index contributed by atoms with van der Waals surface area (Å²) in [7, 11) is -3.43. The molecule has 0 aliphatic heterocycles. The second-order valence-corrected chi connectivity index (χ2v) is 7.65. The Balaban J connectivity index is 1.87. The molecule has 5 heteroatoms. The highest BCUT2D eigenvalue weighted by molar-refractivity contribution is 7.89. The summed E-state index contributed by atoms with van der Waals surface area (Å²) < 4.78 is 27.1. The van der Waals surface area contributed by atoms with Crippen LogP contribution in [0.3, 0.4) is 0 Å². The van der Waals surface area contributed by atoms with E-state index in [2.05, 4.69) is 0 Å². The molecule has 104 valence electrons. The van der Waals surface area contributed by atoms with Crippen LogP contribution in [0.25, 0.3) is 0 Å². The zero-order valence-electron chi connectivity index (χ0n) is 11.0. The van der Waals surface area contributed by atoms with E-state index in [0.717, 1.165) is 25.7 Å². The number of benzene rings is 1. The normalized spacial score (nSPS) is 19.8. The van der Waals surface area contributed by atoms with Crippen molar-refractivity contribution < 1.29 is 8.42 Å². The van der Waals surface area contributed by atoms with Gasteiger partial charge in [0.25, 0.3) is 0 Å². The molecule has 2 aliphatic carbocycles. The Bertz CT molecular complexity index is 549. The van der Waals surface area contributed by atoms with E-state index in [1.54, 1.807) is 28.6 Å². The highest BCUT2D eigenvalue weighted by atomic mass is 32.2. The van der Waals surface area contributed by atoms with E-state index in [-0.39, 0.29) is 4.90 Å². The Morgan fingerprint density at radius 1 is 1.05 bits per heavy atom. The number of hydrogen-bond acceptors (Lipinski definition) is 3. The van der Waals surface area contributed by atoms with Gasteiger partial charge in [-0.2, -0.15) is 4.31 Å². The van der Waals surface area contributed by atoms with E-state index in [1.807, 2.05) is 0 Å². The average molecular weight is 280 g/mol. The third-order valence-electron chi connectivity index (χ3n) is 3.85. The van der Waals surface area contributed by atoms with Crippen molar-refractivity contribution in [3.63, 3.8) is 0 Å². The van der Waals surface area contributed by atoms with Crippen molar-refractivity contribution in [3.8, 4) is 0 Å². The predicted octanol–water partition coefficient (Wildman–Crippen LogP) is 2.08. The minimum Gasteiger partial charge on any atom is -0.398 e. The number of nitrogen functional groups attached to an aromatic ring is 1. The van der Waals surface area contributed by atoms with Crippen molar-refractivity contribution in [3.05, 3.63) is 24.3 Å². The van der Waals surface area contributed by atoms with Gasteiger partial charge in [0.15, 0.2) is 0 Å². The molecular weight excluding hydrogens is 260 g/mol. The minimum absolute atomic E-state index is 0.260. The second kappa shape index (κ2) is 4.80. The zero-order valence-corrected chi connectivity index (χ0v) is 11.8. The molecule has 4 nitrogen and oxygen atoms in total. The molecule has 19 heavy (non-hydrogen) atoms. The van der Waals surface area contributed by atoms with Crippen molar-refractivity contribution in [1.82, 2.24) is 4.31 Å². The lowest BCUT2D eigenvalue weighted by molar-refractivity contribution is 0.382. The standard InChI is InChI=1S/C14H20N2O2S/c15-13-3-1-2-4-14(13)19(17,18)16(9-11-5-6-11)10-12-7-8-12/h1-4,11-12H,5-10,15H2. The summed E-state index contributed by atoms with van der Waals surface area (Å²) >= 11 is 0. The zero-order chi connectivity index (χ0) is 13.5. The van der Waals surface area contributed by atoms with Gasteiger partial charge in [-0.25, -0.2) is 8.42 Å². The van der Waals surface area contributed by atoms with Gasteiger partial charge in [0.2, 0.25) is 10.0 Å². The second-order valence-electron chi connectivity index (χ2n) is 5.75. The van der Waals surface area contributed by atoms with E-state index < -0.39 is 10.0 Å². The maximum absolute atomic E-state index is 12.7. The van der Waals surface area contributed by atoms with Crippen molar-refractivity contribution in [2.45, 2.75) is 30.6 Å². The molecule has 2 saturated carbocycles. The summed E-state index contributed by atoms with van der Waals surface area (Å²) in [5, 5.41) is 0. The molecule has 2 aliphatic rings. The summed E-state index contributed by atoms with van der Waals surface area (Å²) in [6.45, 7) is 1.32. The molecule has 1 aromatic carbocycles. The molecule has 1 aromatic rings. The van der Waals surface area contributed by atoms with Crippen molar-refractivity contribution in [2.75, 3.05) is 18.8 Å². The quantitative estimate of drug-likeness (QED) is 0.811. The topological polar surface area (TPSA) is 63.4 Å². The van der Waals surface area contributed by atoms with Crippen LogP contribution in [0.4, 0.5) is 5.69 Å². The molecule has 0 radical (unpaired) electrons. The van der Waals surface area contributed by atoms with Crippen LogP contribution >= 0.6 is 0 Å². The molecule has 0 saturated heterocycles. The first-order valence-electron chi connectivity index (χ1n) is 6.92. The fourth-order valence-corrected chi connectivity index (χ4v) is 4.01. The first-order valence-corrected chi connectivity index (χ1v) is 8.36. The predicted molar refractivity (Wildman–Crippen MR) is 75.1 cm³/mol. The van der Waals surface area contributed by atoms with E-state index in [1.165, 1.54) is 0 Å². The van der Waals surface area contributed by atoms with Gasteiger partial charge in [0.05, 0.1) is 5.69 Å². The summed E-state index contributed by atoms with van der Waals surface area (Å²) in [6.07, 6.45) is 4.61. The van der Waals surface area contributed by atoms with Gasteiger partial charge < -0.3 is 5.73 Å². The molecular formula is C14H20N2O2S. The van der Waals surface area contributed by atoms with Gasteiger partial charge >= 0.3 is 0 Å². The monoisotopic (exact) mass is 280 g/mol. The van der Waals surface area contributed by atoms with E-state index in [9.17, 15) is 8.42 Å². The lowest BCUT2D eigenvalue weighted by atomic mass is 10.3. The Morgan fingerprint density at radius 3 is 2.05 bits per heavy atom. The lowest BCUT2D eigenvalue weighted by Gasteiger charge is -2.22. The average Bonchev–Trinajstić information content (AvgIpc) is 3.23. The summed E-state index contributed by atoms with van der Waals surface area (Å²) in [4.78, 5) is 0.260. The molecule has 0 atom stereocenters. The molecule has 3 rings (SSSR count). The van der Waals surface area contributed by atoms with Crippen LogP contribution in [0.1, 0.15) is 25.7 Å². The maximum Gasteiger partial charge on any atom is 0.245 e. The van der Waals surface area contributed by atoms with Gasteiger partial charge in [-0.05, 0) is 49.7 Å². The Labute approximate surface area is 114 Å². The van der Waals surface area contributed by atoms with Gasteiger partial charge in [0, 0.05) is 13.1 Å². The Hall–Kier alpha value is -1.07. The van der Waals surface area contributed by atoms with Gasteiger partial charge in [-0.3, -0.25) is 0 Å². The van der Waals surface area contributed by atoms with Crippen LogP contribution in [0, 0.1) is 11.8 Å². The fraction of sp³-hybridized carbons (Fsp3) is 0.571. The number of hydrogen-bond donors (Lipinski definition) is 1. The van der Waals surface area contributed by atoms with Crippen LogP contribution in [0.5, 0.6) is 0 Å². The number of para-hydroxylation sites is 1. The molecule has 2 N–H and O–H groups in total. The molecule has 0 aromatic heterocycles. The summed E-state index contributed by atoms with van der Waals surface area (Å²) in [5.41, 5.74) is 6.18. The van der Waals surface area contributed by atoms with E-state index >= 15 is 0 Å². The first-order chi connectivity index (χ1) is 9.07. The first kappa shape index (κ1) is 12.9. The molecule has 0 heterocycles. The maximum atomic E-state index is 12.7. The van der Waals surface area contributed by atoms with Crippen LogP contribution in [-0.2, 0) is 10.0 Å². The minimum atomic E-state index is -3.43. The summed E-state index contributed by atoms with van der Waals surface area (Å²) in [6, 6.07) is 6.76. The van der Waals surface area contributed by atoms with Gasteiger partial charge in [0.1, 0.15) is 4.90 Å². The number of anilines is 1. The lowest BCUT2D eigenvalue weighted by Crippen LogP contribution is -2.35. The van der Waals surface area contributed by atoms with Gasteiger partial charge in [-0.1, -0.05) is 12.1 Å².